The monoisotopic (exact) mass is 300 g/mol. The summed E-state index contributed by atoms with van der Waals surface area (Å²) in [4.78, 5) is 6.08. The molecule has 1 aliphatic carbocycles. The number of nitrogens with zero attached hydrogens (tertiary/aromatic N) is 1. The molecule has 1 unspecified atom stereocenters. The topological polar surface area (TPSA) is 24.9 Å². The van der Waals surface area contributed by atoms with Crippen LogP contribution in [-0.4, -0.2) is 17.6 Å². The zero-order valence-electron chi connectivity index (χ0n) is 12.9. The normalized spacial score (nSPS) is 16.1. The van der Waals surface area contributed by atoms with Crippen LogP contribution in [0.4, 0.5) is 0 Å². The minimum Gasteiger partial charge on any atom is -0.314 e. The van der Waals surface area contributed by atoms with Crippen LogP contribution in [0, 0.1) is 19.8 Å². The van der Waals surface area contributed by atoms with Crippen LogP contribution in [0.3, 0.4) is 0 Å². The molecule has 0 aliphatic heterocycles. The summed E-state index contributed by atoms with van der Waals surface area (Å²) in [7, 11) is 0. The van der Waals surface area contributed by atoms with Crippen LogP contribution in [0.5, 0.6) is 0 Å². The Morgan fingerprint density at radius 1 is 1.19 bits per heavy atom. The minimum absolute atomic E-state index is 0.637. The molecule has 1 aliphatic rings. The van der Waals surface area contributed by atoms with E-state index >= 15 is 0 Å². The van der Waals surface area contributed by atoms with Gasteiger partial charge in [-0.1, -0.05) is 30.3 Å². The molecule has 1 saturated carbocycles. The summed E-state index contributed by atoms with van der Waals surface area (Å²) in [6.45, 7) is 5.40. The maximum atomic E-state index is 4.73. The average molecular weight is 300 g/mol. The first-order valence-electron chi connectivity index (χ1n) is 7.91. The van der Waals surface area contributed by atoms with Crippen molar-refractivity contribution in [2.45, 2.75) is 45.6 Å². The fraction of sp³-hybridized carbons (Fsp3) is 0.500. The quantitative estimate of drug-likeness (QED) is 0.838. The predicted octanol–water partition coefficient (Wildman–Crippen LogP) is 3.91. The minimum atomic E-state index is 0.637. The van der Waals surface area contributed by atoms with E-state index in [-0.39, 0.29) is 0 Å². The van der Waals surface area contributed by atoms with Crippen molar-refractivity contribution in [1.82, 2.24) is 10.3 Å². The molecule has 1 fully saturated rings. The molecule has 0 saturated heterocycles. The Balaban J connectivity index is 1.65. The zero-order chi connectivity index (χ0) is 14.7. The molecule has 0 amide bonds. The first-order valence-corrected chi connectivity index (χ1v) is 8.72. The maximum Gasteiger partial charge on any atom is 0.0934 e. The molecular formula is C18H24N2S. The van der Waals surface area contributed by atoms with Crippen molar-refractivity contribution in [2.75, 3.05) is 6.54 Å². The van der Waals surface area contributed by atoms with Gasteiger partial charge in [-0.15, -0.1) is 11.3 Å². The van der Waals surface area contributed by atoms with Crippen molar-refractivity contribution in [3.05, 3.63) is 51.5 Å². The first kappa shape index (κ1) is 14.7. The predicted molar refractivity (Wildman–Crippen MR) is 90.0 cm³/mol. The van der Waals surface area contributed by atoms with Crippen LogP contribution >= 0.6 is 11.3 Å². The lowest BCUT2D eigenvalue weighted by Gasteiger charge is -2.16. The van der Waals surface area contributed by atoms with Crippen LogP contribution in [0.25, 0.3) is 0 Å². The molecule has 1 heterocycles. The highest BCUT2D eigenvalue weighted by molar-refractivity contribution is 7.11. The van der Waals surface area contributed by atoms with E-state index in [2.05, 4.69) is 49.5 Å². The molecule has 1 aromatic carbocycles. The van der Waals surface area contributed by atoms with E-state index in [1.54, 1.807) is 0 Å². The van der Waals surface area contributed by atoms with Gasteiger partial charge in [0.05, 0.1) is 10.7 Å². The highest BCUT2D eigenvalue weighted by atomic mass is 32.1. The Morgan fingerprint density at radius 3 is 2.57 bits per heavy atom. The van der Waals surface area contributed by atoms with Gasteiger partial charge in [-0.05, 0) is 51.1 Å². The summed E-state index contributed by atoms with van der Waals surface area (Å²) in [5.41, 5.74) is 2.63. The smallest absolute Gasteiger partial charge is 0.0934 e. The zero-order valence-corrected chi connectivity index (χ0v) is 13.7. The molecule has 1 aromatic heterocycles. The van der Waals surface area contributed by atoms with Gasteiger partial charge in [-0.2, -0.15) is 0 Å². The Morgan fingerprint density at radius 2 is 1.95 bits per heavy atom. The van der Waals surface area contributed by atoms with E-state index in [0.717, 1.165) is 25.4 Å². The second-order valence-corrected chi connectivity index (χ2v) is 7.48. The largest absolute Gasteiger partial charge is 0.314 e. The molecule has 21 heavy (non-hydrogen) atoms. The number of aryl methyl sites for hydroxylation is 2. The summed E-state index contributed by atoms with van der Waals surface area (Å²) < 4.78 is 0. The van der Waals surface area contributed by atoms with Crippen LogP contribution in [0.2, 0.25) is 0 Å². The van der Waals surface area contributed by atoms with E-state index in [4.69, 9.17) is 4.98 Å². The van der Waals surface area contributed by atoms with E-state index in [1.807, 2.05) is 11.3 Å². The number of hydrogen-bond acceptors (Lipinski definition) is 3. The van der Waals surface area contributed by atoms with Gasteiger partial charge in [0, 0.05) is 17.3 Å². The molecule has 112 valence electrons. The third-order valence-electron chi connectivity index (χ3n) is 4.18. The van der Waals surface area contributed by atoms with Gasteiger partial charge in [-0.3, -0.25) is 0 Å². The van der Waals surface area contributed by atoms with Crippen molar-refractivity contribution in [3.63, 3.8) is 0 Å². The van der Waals surface area contributed by atoms with Crippen molar-refractivity contribution in [2.24, 2.45) is 5.92 Å². The van der Waals surface area contributed by atoms with Gasteiger partial charge in [0.25, 0.3) is 0 Å². The molecule has 3 heteroatoms. The molecule has 2 nitrogen and oxygen atoms in total. The van der Waals surface area contributed by atoms with Crippen molar-refractivity contribution >= 4 is 11.3 Å². The second kappa shape index (κ2) is 6.71. The highest BCUT2D eigenvalue weighted by Crippen LogP contribution is 2.23. The lowest BCUT2D eigenvalue weighted by Crippen LogP contribution is -2.27. The summed E-state index contributed by atoms with van der Waals surface area (Å²) in [5.74, 6) is 0.637. The lowest BCUT2D eigenvalue weighted by atomic mass is 9.96. The van der Waals surface area contributed by atoms with Crippen molar-refractivity contribution in [3.8, 4) is 0 Å². The lowest BCUT2D eigenvalue weighted by molar-refractivity contribution is 0.468. The van der Waals surface area contributed by atoms with Crippen molar-refractivity contribution in [1.29, 1.82) is 0 Å². The average Bonchev–Trinajstić information content (AvgIpc) is 3.24. The highest BCUT2D eigenvalue weighted by Gasteiger charge is 2.22. The van der Waals surface area contributed by atoms with E-state index in [0.29, 0.717) is 5.92 Å². The SMILES string of the molecule is Cc1nc(CC(CNC2CC2)Cc2ccccc2)sc1C. The molecule has 0 spiro atoms. The van der Waals surface area contributed by atoms with Gasteiger partial charge in [0.1, 0.15) is 0 Å². The standard InChI is InChI=1S/C18H24N2S/c1-13-14(2)21-18(20-13)11-16(12-19-17-8-9-17)10-15-6-4-3-5-7-15/h3-7,16-17,19H,8-12H2,1-2H3. The summed E-state index contributed by atoms with van der Waals surface area (Å²) in [6.07, 6.45) is 4.94. The van der Waals surface area contributed by atoms with E-state index < -0.39 is 0 Å². The van der Waals surface area contributed by atoms with Gasteiger partial charge >= 0.3 is 0 Å². The number of nitrogens with one attached hydrogen (secondary N) is 1. The number of hydrogen-bond donors (Lipinski definition) is 1. The Kier molecular flexibility index (Phi) is 4.71. The van der Waals surface area contributed by atoms with Gasteiger partial charge in [0.15, 0.2) is 0 Å². The summed E-state index contributed by atoms with van der Waals surface area (Å²) >= 11 is 1.86. The Bertz CT molecular complexity index is 553. The van der Waals surface area contributed by atoms with Crippen LogP contribution in [0.15, 0.2) is 30.3 Å². The molecule has 0 bridgehead atoms. The molecule has 0 radical (unpaired) electrons. The number of rotatable bonds is 7. The maximum absolute atomic E-state index is 4.73. The molecule has 3 rings (SSSR count). The summed E-state index contributed by atoms with van der Waals surface area (Å²) in [5, 5.41) is 4.99. The molecule has 2 aromatic rings. The Labute approximate surface area is 131 Å². The molecule has 1 N–H and O–H groups in total. The van der Waals surface area contributed by atoms with Gasteiger partial charge < -0.3 is 5.32 Å². The fourth-order valence-electron chi connectivity index (χ4n) is 2.66. The van der Waals surface area contributed by atoms with Crippen LogP contribution in [0.1, 0.15) is 34.0 Å². The number of thiazole rings is 1. The third kappa shape index (κ3) is 4.39. The summed E-state index contributed by atoms with van der Waals surface area (Å²) in [6, 6.07) is 11.6. The number of aromatic nitrogens is 1. The first-order chi connectivity index (χ1) is 10.2. The second-order valence-electron chi connectivity index (χ2n) is 6.19. The van der Waals surface area contributed by atoms with E-state index in [1.165, 1.54) is 34.0 Å². The number of benzene rings is 1. The van der Waals surface area contributed by atoms with Crippen LogP contribution < -0.4 is 5.32 Å². The molecular weight excluding hydrogens is 276 g/mol. The Hall–Kier alpha value is -1.19. The van der Waals surface area contributed by atoms with Gasteiger partial charge in [-0.25, -0.2) is 4.98 Å². The van der Waals surface area contributed by atoms with Crippen LogP contribution in [-0.2, 0) is 12.8 Å². The molecule has 1 atom stereocenters. The third-order valence-corrected chi connectivity index (χ3v) is 5.27. The van der Waals surface area contributed by atoms with Crippen molar-refractivity contribution < 1.29 is 0 Å². The van der Waals surface area contributed by atoms with Gasteiger partial charge in [0.2, 0.25) is 0 Å². The fourth-order valence-corrected chi connectivity index (χ4v) is 3.71. The van der Waals surface area contributed by atoms with E-state index in [9.17, 15) is 0 Å².